The van der Waals surface area contributed by atoms with Crippen LogP contribution >= 0.6 is 23.2 Å². The van der Waals surface area contributed by atoms with E-state index >= 15 is 0 Å². The van der Waals surface area contributed by atoms with Crippen molar-refractivity contribution in [3.8, 4) is 0 Å². The number of anilines is 1. The molecule has 0 spiro atoms. The first kappa shape index (κ1) is 30.1. The van der Waals surface area contributed by atoms with Gasteiger partial charge in [-0.05, 0) is 55.0 Å². The number of rotatable bonds is 8. The number of carboxylic acid groups (broad SMARTS) is 2. The summed E-state index contributed by atoms with van der Waals surface area (Å²) in [5.41, 5.74) is -0.709. The van der Waals surface area contributed by atoms with Gasteiger partial charge in [0.1, 0.15) is 6.04 Å². The lowest BCUT2D eigenvalue weighted by Crippen LogP contribution is -2.49. The second-order valence-electron chi connectivity index (χ2n) is 9.80. The van der Waals surface area contributed by atoms with Crippen LogP contribution in [0.25, 0.3) is 0 Å². The molecule has 37 heavy (non-hydrogen) atoms. The molecule has 0 radical (unpaired) electrons. The van der Waals surface area contributed by atoms with Crippen LogP contribution in [-0.2, 0) is 20.8 Å². The van der Waals surface area contributed by atoms with E-state index in [1.165, 1.54) is 0 Å². The first-order chi connectivity index (χ1) is 16.8. The molecule has 10 heteroatoms. The van der Waals surface area contributed by atoms with Crippen molar-refractivity contribution < 1.29 is 29.4 Å². The molecule has 2 amide bonds. The van der Waals surface area contributed by atoms with Gasteiger partial charge in [0.05, 0.1) is 21.0 Å². The Hall–Kier alpha value is -3.10. The maximum atomic E-state index is 13.0. The second-order valence-corrected chi connectivity index (χ2v) is 10.6. The van der Waals surface area contributed by atoms with Gasteiger partial charge < -0.3 is 20.8 Å². The number of benzene rings is 2. The molecule has 3 rings (SSSR count). The van der Waals surface area contributed by atoms with E-state index in [9.17, 15) is 29.4 Å². The molecule has 0 saturated heterocycles. The van der Waals surface area contributed by atoms with Gasteiger partial charge in [-0.15, -0.1) is 0 Å². The van der Waals surface area contributed by atoms with E-state index in [2.05, 4.69) is 10.6 Å². The Kier molecular flexibility index (Phi) is 9.38. The molecule has 1 fully saturated rings. The Morgan fingerprint density at radius 2 is 1.57 bits per heavy atom. The van der Waals surface area contributed by atoms with Crippen molar-refractivity contribution in [2.45, 2.75) is 53.5 Å². The monoisotopic (exact) mass is 550 g/mol. The van der Waals surface area contributed by atoms with Crippen LogP contribution in [0.3, 0.4) is 0 Å². The van der Waals surface area contributed by atoms with Gasteiger partial charge in [0.25, 0.3) is 5.91 Å². The minimum absolute atomic E-state index is 0. The van der Waals surface area contributed by atoms with E-state index in [1.54, 1.807) is 63.2 Å². The fourth-order valence-electron chi connectivity index (χ4n) is 4.68. The zero-order valence-electron chi connectivity index (χ0n) is 20.1. The van der Waals surface area contributed by atoms with Crippen molar-refractivity contribution in [1.29, 1.82) is 0 Å². The van der Waals surface area contributed by atoms with Crippen LogP contribution < -0.4 is 10.6 Å². The lowest BCUT2D eigenvalue weighted by Gasteiger charge is -2.38. The van der Waals surface area contributed by atoms with Crippen LogP contribution in [0.1, 0.15) is 57.0 Å². The molecule has 0 unspecified atom stereocenters. The van der Waals surface area contributed by atoms with E-state index in [4.69, 9.17) is 23.2 Å². The summed E-state index contributed by atoms with van der Waals surface area (Å²) >= 11 is 12.2. The minimum atomic E-state index is -1.20. The highest BCUT2D eigenvalue weighted by atomic mass is 35.5. The molecule has 2 aromatic rings. The van der Waals surface area contributed by atoms with Gasteiger partial charge in [0, 0.05) is 18.0 Å². The first-order valence-corrected chi connectivity index (χ1v) is 12.1. The molecule has 0 aliphatic heterocycles. The third-order valence-electron chi connectivity index (χ3n) is 7.47. The van der Waals surface area contributed by atoms with Crippen molar-refractivity contribution in [2.75, 3.05) is 5.32 Å². The Morgan fingerprint density at radius 1 is 1.00 bits per heavy atom. The largest absolute Gasteiger partial charge is 0.481 e. The molecule has 2 aromatic carbocycles. The maximum Gasteiger partial charge on any atom is 0.326 e. The Bertz CT molecular complexity index is 1180. The van der Waals surface area contributed by atoms with Gasteiger partial charge in [-0.3, -0.25) is 14.4 Å². The third kappa shape index (κ3) is 6.08. The van der Waals surface area contributed by atoms with E-state index in [1.807, 2.05) is 0 Å². The van der Waals surface area contributed by atoms with Gasteiger partial charge in [0.2, 0.25) is 5.91 Å². The summed E-state index contributed by atoms with van der Waals surface area (Å²) in [6.45, 7) is 5.09. The maximum absolute atomic E-state index is 13.0. The summed E-state index contributed by atoms with van der Waals surface area (Å²) < 4.78 is 0. The van der Waals surface area contributed by atoms with E-state index in [0.29, 0.717) is 24.1 Å². The number of halogens is 2. The molecule has 0 aromatic heterocycles. The summed E-state index contributed by atoms with van der Waals surface area (Å²) in [7, 11) is 0. The van der Waals surface area contributed by atoms with E-state index in [0.717, 1.165) is 0 Å². The smallest absolute Gasteiger partial charge is 0.326 e. The topological polar surface area (TPSA) is 133 Å². The number of carboxylic acids is 2. The molecular formula is C27H32Cl2N2O6. The highest BCUT2D eigenvalue weighted by Gasteiger charge is 2.58. The van der Waals surface area contributed by atoms with E-state index < -0.39 is 46.5 Å². The van der Waals surface area contributed by atoms with Crippen LogP contribution in [-0.4, -0.2) is 40.0 Å². The quantitative estimate of drug-likeness (QED) is 0.342. The highest BCUT2D eigenvalue weighted by molar-refractivity contribution is 6.40. The SMILES string of the molecule is C.CC1(C)[C@H](C(=O)N[C@H](Cc2ccc(NC(=O)c3c(Cl)cccc3Cl)cc2)C(=O)O)CC[C@]1(C)C(=O)O. The second kappa shape index (κ2) is 11.5. The standard InChI is InChI=1S/C26H28Cl2N2O6.CH4/c1-25(2)16(11-12-26(25,3)24(35)36)21(31)30-19(23(33)34)13-14-7-9-15(10-8-14)29-22(32)20-17(27)5-4-6-18(20)28;/h4-10,16,19H,11-13H2,1-3H3,(H,29,32)(H,30,31)(H,33,34)(H,35,36);1H4/t16-,19+,26+;/m0./s1. The summed E-state index contributed by atoms with van der Waals surface area (Å²) in [4.78, 5) is 49.3. The first-order valence-electron chi connectivity index (χ1n) is 11.4. The molecule has 1 aliphatic rings. The summed E-state index contributed by atoms with van der Waals surface area (Å²) in [6, 6.07) is 10.1. The van der Waals surface area contributed by atoms with Gasteiger partial charge in [-0.1, -0.05) is 62.7 Å². The predicted octanol–water partition coefficient (Wildman–Crippen LogP) is 5.52. The number of aliphatic carboxylic acids is 2. The molecule has 0 heterocycles. The molecule has 1 aliphatic carbocycles. The normalized spacial score (nSPS) is 20.8. The van der Waals surface area contributed by atoms with Crippen LogP contribution in [0.4, 0.5) is 5.69 Å². The Balaban J connectivity index is 0.00000481. The zero-order chi connectivity index (χ0) is 26.8. The van der Waals surface area contributed by atoms with Gasteiger partial charge in [-0.25, -0.2) is 4.79 Å². The van der Waals surface area contributed by atoms with Crippen molar-refractivity contribution in [3.63, 3.8) is 0 Å². The molecule has 0 bridgehead atoms. The number of hydrogen-bond acceptors (Lipinski definition) is 4. The number of carbonyl (C=O) groups is 4. The number of carbonyl (C=O) groups excluding carboxylic acids is 2. The van der Waals surface area contributed by atoms with Crippen LogP contribution in [0.15, 0.2) is 42.5 Å². The third-order valence-corrected chi connectivity index (χ3v) is 8.10. The zero-order valence-corrected chi connectivity index (χ0v) is 21.6. The fraction of sp³-hybridized carbons (Fsp3) is 0.407. The molecule has 3 atom stereocenters. The molecule has 8 nitrogen and oxygen atoms in total. The molecular weight excluding hydrogens is 519 g/mol. The summed E-state index contributed by atoms with van der Waals surface area (Å²) in [5, 5.41) is 25.1. The van der Waals surface area contributed by atoms with Gasteiger partial charge in [0.15, 0.2) is 0 Å². The number of hydrogen-bond donors (Lipinski definition) is 4. The van der Waals surface area contributed by atoms with Crippen LogP contribution in [0, 0.1) is 16.7 Å². The average Bonchev–Trinajstić information content (AvgIpc) is 3.04. The number of nitrogens with one attached hydrogen (secondary N) is 2. The summed E-state index contributed by atoms with van der Waals surface area (Å²) in [6.07, 6.45) is 0.699. The summed E-state index contributed by atoms with van der Waals surface area (Å²) in [5.74, 6) is -3.76. The molecule has 1 saturated carbocycles. The molecule has 200 valence electrons. The van der Waals surface area contributed by atoms with Gasteiger partial charge >= 0.3 is 11.9 Å². The number of amides is 2. The van der Waals surface area contributed by atoms with Crippen molar-refractivity contribution in [3.05, 3.63) is 63.6 Å². The van der Waals surface area contributed by atoms with Crippen LogP contribution in [0.2, 0.25) is 10.0 Å². The molecule has 4 N–H and O–H groups in total. The Labute approximate surface area is 226 Å². The average molecular weight is 551 g/mol. The lowest BCUT2D eigenvalue weighted by molar-refractivity contribution is -0.155. The Morgan fingerprint density at radius 3 is 2.05 bits per heavy atom. The fourth-order valence-corrected chi connectivity index (χ4v) is 5.25. The van der Waals surface area contributed by atoms with E-state index in [-0.39, 0.29) is 29.5 Å². The predicted molar refractivity (Wildman–Crippen MR) is 143 cm³/mol. The highest BCUT2D eigenvalue weighted by Crippen LogP contribution is 2.56. The minimum Gasteiger partial charge on any atom is -0.481 e. The lowest BCUT2D eigenvalue weighted by atomic mass is 9.65. The van der Waals surface area contributed by atoms with Crippen molar-refractivity contribution >= 4 is 52.6 Å². The van der Waals surface area contributed by atoms with Crippen LogP contribution in [0.5, 0.6) is 0 Å². The van der Waals surface area contributed by atoms with Gasteiger partial charge in [-0.2, -0.15) is 0 Å². The van der Waals surface area contributed by atoms with Crippen molar-refractivity contribution in [1.82, 2.24) is 5.32 Å². The van der Waals surface area contributed by atoms with Crippen molar-refractivity contribution in [2.24, 2.45) is 16.7 Å².